The van der Waals surface area contributed by atoms with Crippen LogP contribution in [0.2, 0.25) is 0 Å². The Labute approximate surface area is 65.3 Å². The van der Waals surface area contributed by atoms with Crippen LogP contribution in [0.1, 0.15) is 0 Å². The highest BCUT2D eigenvalue weighted by Gasteiger charge is 1.83. The molecule has 1 aromatic rings. The van der Waals surface area contributed by atoms with Gasteiger partial charge in [-0.05, 0) is 0 Å². The first-order valence-electron chi connectivity index (χ1n) is 2.45. The van der Waals surface area contributed by atoms with Gasteiger partial charge >= 0.3 is 0 Å². The molecule has 0 saturated heterocycles. The van der Waals surface area contributed by atoms with E-state index in [-0.39, 0.29) is 12.4 Å². The number of aromatic nitrogens is 2. The highest BCUT2D eigenvalue weighted by molar-refractivity contribution is 6.17. The van der Waals surface area contributed by atoms with E-state index >= 15 is 0 Å². The summed E-state index contributed by atoms with van der Waals surface area (Å²) in [5.74, 6) is 0.649. The van der Waals surface area contributed by atoms with Gasteiger partial charge in [-0.25, -0.2) is 4.98 Å². The molecule has 0 saturated carbocycles. The molecule has 2 nitrogen and oxygen atoms in total. The molecule has 0 amide bonds. The molecule has 0 aliphatic carbocycles. The standard InChI is InChI=1S/C5H7ClN2.ClH/c6-1-3-8-4-2-7-5-8;/h2,4-5H,1,3H2;1H. The zero-order valence-electron chi connectivity index (χ0n) is 4.83. The van der Waals surface area contributed by atoms with E-state index in [0.717, 1.165) is 6.54 Å². The van der Waals surface area contributed by atoms with Crippen molar-refractivity contribution in [3.05, 3.63) is 18.7 Å². The molecule has 52 valence electrons. The first-order chi connectivity index (χ1) is 3.93. The molecule has 0 aliphatic rings. The lowest BCUT2D eigenvalue weighted by Gasteiger charge is -1.92. The summed E-state index contributed by atoms with van der Waals surface area (Å²) < 4.78 is 1.94. The fourth-order valence-electron chi connectivity index (χ4n) is 0.517. The van der Waals surface area contributed by atoms with Crippen LogP contribution in [-0.2, 0) is 6.54 Å². The Balaban J connectivity index is 0.000000640. The molecule has 0 N–H and O–H groups in total. The summed E-state index contributed by atoms with van der Waals surface area (Å²) in [5, 5.41) is 0. The van der Waals surface area contributed by atoms with Gasteiger partial charge in [0.05, 0.1) is 6.33 Å². The molecule has 0 fully saturated rings. The van der Waals surface area contributed by atoms with Gasteiger partial charge in [-0.3, -0.25) is 0 Å². The SMILES string of the molecule is Cl.ClCCn1ccnc1. The van der Waals surface area contributed by atoms with Crippen molar-refractivity contribution in [3.63, 3.8) is 0 Å². The lowest BCUT2D eigenvalue weighted by Crippen LogP contribution is -1.93. The van der Waals surface area contributed by atoms with Crippen LogP contribution in [-0.4, -0.2) is 15.4 Å². The van der Waals surface area contributed by atoms with E-state index in [9.17, 15) is 0 Å². The minimum Gasteiger partial charge on any atom is -0.336 e. The molecule has 1 aromatic heterocycles. The maximum atomic E-state index is 5.44. The highest BCUT2D eigenvalue weighted by Crippen LogP contribution is 1.85. The van der Waals surface area contributed by atoms with Gasteiger partial charge in [0.2, 0.25) is 0 Å². The predicted molar refractivity (Wildman–Crippen MR) is 40.2 cm³/mol. The Morgan fingerprint density at radius 2 is 2.33 bits per heavy atom. The van der Waals surface area contributed by atoms with Crippen LogP contribution in [0.5, 0.6) is 0 Å². The van der Waals surface area contributed by atoms with Gasteiger partial charge in [0.1, 0.15) is 0 Å². The fourth-order valence-corrected chi connectivity index (χ4v) is 0.712. The number of aryl methyl sites for hydroxylation is 1. The van der Waals surface area contributed by atoms with Gasteiger partial charge in [0, 0.05) is 24.8 Å². The number of alkyl halides is 1. The van der Waals surface area contributed by atoms with Crippen molar-refractivity contribution in [3.8, 4) is 0 Å². The van der Waals surface area contributed by atoms with Crippen molar-refractivity contribution in [1.29, 1.82) is 0 Å². The van der Waals surface area contributed by atoms with E-state index in [1.54, 1.807) is 12.5 Å². The van der Waals surface area contributed by atoms with E-state index in [4.69, 9.17) is 11.6 Å². The number of rotatable bonds is 2. The number of nitrogens with zero attached hydrogens (tertiary/aromatic N) is 2. The largest absolute Gasteiger partial charge is 0.336 e. The van der Waals surface area contributed by atoms with Crippen LogP contribution in [0.4, 0.5) is 0 Å². The van der Waals surface area contributed by atoms with Crippen molar-refractivity contribution in [1.82, 2.24) is 9.55 Å². The summed E-state index contributed by atoms with van der Waals surface area (Å²) in [6, 6.07) is 0. The van der Waals surface area contributed by atoms with Crippen LogP contribution >= 0.6 is 24.0 Å². The van der Waals surface area contributed by atoms with Crippen LogP contribution in [0.15, 0.2) is 18.7 Å². The molecule has 0 atom stereocenters. The fraction of sp³-hybridized carbons (Fsp3) is 0.400. The van der Waals surface area contributed by atoms with Crippen molar-refractivity contribution in [2.24, 2.45) is 0 Å². The van der Waals surface area contributed by atoms with E-state index < -0.39 is 0 Å². The molecule has 1 heterocycles. The smallest absolute Gasteiger partial charge is 0.0946 e. The molecule has 0 unspecified atom stereocenters. The number of imidazole rings is 1. The normalized spacial score (nSPS) is 8.56. The maximum absolute atomic E-state index is 5.44. The maximum Gasteiger partial charge on any atom is 0.0946 e. The molecule has 0 radical (unpaired) electrons. The molecule has 9 heavy (non-hydrogen) atoms. The van der Waals surface area contributed by atoms with Crippen LogP contribution < -0.4 is 0 Å². The van der Waals surface area contributed by atoms with E-state index in [0.29, 0.717) is 5.88 Å². The van der Waals surface area contributed by atoms with Crippen LogP contribution in [0.25, 0.3) is 0 Å². The van der Waals surface area contributed by atoms with Gasteiger partial charge in [0.25, 0.3) is 0 Å². The second-order valence-electron chi connectivity index (χ2n) is 1.49. The second-order valence-corrected chi connectivity index (χ2v) is 1.87. The predicted octanol–water partition coefficient (Wildman–Crippen LogP) is 1.54. The molecule has 0 bridgehead atoms. The second kappa shape index (κ2) is 4.65. The topological polar surface area (TPSA) is 17.8 Å². The Bertz CT molecular complexity index is 139. The molecule has 0 spiro atoms. The summed E-state index contributed by atoms with van der Waals surface area (Å²) in [6.45, 7) is 0.849. The number of hydrogen-bond donors (Lipinski definition) is 0. The summed E-state index contributed by atoms with van der Waals surface area (Å²) in [7, 11) is 0. The van der Waals surface area contributed by atoms with Gasteiger partial charge in [-0.1, -0.05) is 0 Å². The third kappa shape index (κ3) is 2.72. The lowest BCUT2D eigenvalue weighted by atomic mass is 10.7. The van der Waals surface area contributed by atoms with Crippen LogP contribution in [0.3, 0.4) is 0 Å². The monoisotopic (exact) mass is 166 g/mol. The quantitative estimate of drug-likeness (QED) is 0.611. The average molecular weight is 167 g/mol. The Morgan fingerprint density at radius 1 is 1.56 bits per heavy atom. The summed E-state index contributed by atoms with van der Waals surface area (Å²) in [5.41, 5.74) is 0. The number of halogens is 2. The van der Waals surface area contributed by atoms with E-state index in [2.05, 4.69) is 4.98 Å². The van der Waals surface area contributed by atoms with Crippen molar-refractivity contribution < 1.29 is 0 Å². The van der Waals surface area contributed by atoms with Crippen LogP contribution in [0, 0.1) is 0 Å². The molecule has 1 rings (SSSR count). The van der Waals surface area contributed by atoms with Gasteiger partial charge in [-0.15, -0.1) is 24.0 Å². The summed E-state index contributed by atoms with van der Waals surface area (Å²) >= 11 is 5.44. The van der Waals surface area contributed by atoms with Gasteiger partial charge in [-0.2, -0.15) is 0 Å². The highest BCUT2D eigenvalue weighted by atomic mass is 35.5. The van der Waals surface area contributed by atoms with Gasteiger partial charge < -0.3 is 4.57 Å². The first-order valence-corrected chi connectivity index (χ1v) is 2.98. The Kier molecular flexibility index (Phi) is 4.54. The number of hydrogen-bond acceptors (Lipinski definition) is 1. The minimum atomic E-state index is 0. The van der Waals surface area contributed by atoms with Crippen molar-refractivity contribution >= 4 is 24.0 Å². The zero-order chi connectivity index (χ0) is 5.82. The Morgan fingerprint density at radius 3 is 2.78 bits per heavy atom. The Hall–Kier alpha value is -0.210. The van der Waals surface area contributed by atoms with E-state index in [1.807, 2.05) is 10.8 Å². The lowest BCUT2D eigenvalue weighted by molar-refractivity contribution is 0.767. The van der Waals surface area contributed by atoms with Crippen molar-refractivity contribution in [2.75, 3.05) is 5.88 Å². The molecule has 0 aromatic carbocycles. The average Bonchev–Trinajstić information content (AvgIpc) is 2.19. The molecule has 0 aliphatic heterocycles. The summed E-state index contributed by atoms with van der Waals surface area (Å²) in [6.07, 6.45) is 5.39. The zero-order valence-corrected chi connectivity index (χ0v) is 6.40. The third-order valence-electron chi connectivity index (χ3n) is 0.902. The molecule has 4 heteroatoms. The van der Waals surface area contributed by atoms with E-state index in [1.165, 1.54) is 0 Å². The molecular formula is C5H8Cl2N2. The van der Waals surface area contributed by atoms with Crippen molar-refractivity contribution in [2.45, 2.75) is 6.54 Å². The minimum absolute atomic E-state index is 0. The molecular weight excluding hydrogens is 159 g/mol. The van der Waals surface area contributed by atoms with Gasteiger partial charge in [0.15, 0.2) is 0 Å². The summed E-state index contributed by atoms with van der Waals surface area (Å²) in [4.78, 5) is 3.85. The first kappa shape index (κ1) is 8.79. The third-order valence-corrected chi connectivity index (χ3v) is 1.07.